The Kier molecular flexibility index (Phi) is 3.51. The normalized spacial score (nSPS) is 10.6. The molecule has 0 atom stereocenters. The maximum atomic E-state index is 12.3. The molecule has 0 aliphatic rings. The summed E-state index contributed by atoms with van der Waals surface area (Å²) < 4.78 is 5.16. The monoisotopic (exact) mass is 293 g/mol. The highest BCUT2D eigenvalue weighted by Gasteiger charge is 2.17. The number of carbonyl (C=O) groups is 1. The van der Waals surface area contributed by atoms with Gasteiger partial charge < -0.3 is 9.72 Å². The number of ketones is 1. The van der Waals surface area contributed by atoms with Crippen LogP contribution in [0, 0.1) is 0 Å². The van der Waals surface area contributed by atoms with E-state index in [0.29, 0.717) is 11.1 Å². The number of ether oxygens (including phenoxy) is 1. The van der Waals surface area contributed by atoms with E-state index in [2.05, 4.69) is 4.98 Å². The number of para-hydroxylation sites is 1. The molecule has 0 radical (unpaired) electrons. The number of hydrogen-bond donors (Lipinski definition) is 1. The summed E-state index contributed by atoms with van der Waals surface area (Å²) in [4.78, 5) is 27.0. The van der Waals surface area contributed by atoms with Crippen molar-refractivity contribution in [1.82, 2.24) is 4.98 Å². The molecule has 22 heavy (non-hydrogen) atoms. The molecule has 0 unspecified atom stereocenters. The molecule has 0 spiro atoms. The highest BCUT2D eigenvalue weighted by Crippen LogP contribution is 2.30. The number of rotatable bonds is 3. The Balaban J connectivity index is 2.40. The van der Waals surface area contributed by atoms with Gasteiger partial charge in [0.05, 0.1) is 12.7 Å². The van der Waals surface area contributed by atoms with Gasteiger partial charge in [-0.3, -0.25) is 9.59 Å². The summed E-state index contributed by atoms with van der Waals surface area (Å²) in [6, 6.07) is 14.8. The van der Waals surface area contributed by atoms with Crippen LogP contribution in [0.3, 0.4) is 0 Å². The van der Waals surface area contributed by atoms with Crippen molar-refractivity contribution in [1.29, 1.82) is 0 Å². The maximum absolute atomic E-state index is 12.3. The van der Waals surface area contributed by atoms with E-state index in [4.69, 9.17) is 4.74 Å². The van der Waals surface area contributed by atoms with Crippen molar-refractivity contribution in [2.75, 3.05) is 7.11 Å². The molecule has 0 saturated carbocycles. The molecule has 2 aromatic carbocycles. The predicted molar refractivity (Wildman–Crippen MR) is 86.6 cm³/mol. The van der Waals surface area contributed by atoms with Crippen molar-refractivity contribution in [3.8, 4) is 16.9 Å². The molecule has 0 saturated heterocycles. The van der Waals surface area contributed by atoms with Crippen molar-refractivity contribution >= 4 is 16.7 Å². The number of carbonyl (C=O) groups excluding carboxylic acids is 1. The minimum atomic E-state index is -0.364. The van der Waals surface area contributed by atoms with Gasteiger partial charge in [0.2, 0.25) is 0 Å². The lowest BCUT2D eigenvalue weighted by Gasteiger charge is -2.11. The van der Waals surface area contributed by atoms with Crippen LogP contribution < -0.4 is 10.3 Å². The van der Waals surface area contributed by atoms with Crippen LogP contribution in [0.5, 0.6) is 5.75 Å². The average Bonchev–Trinajstić information content (AvgIpc) is 2.53. The van der Waals surface area contributed by atoms with Crippen molar-refractivity contribution in [3.05, 3.63) is 64.4 Å². The summed E-state index contributed by atoms with van der Waals surface area (Å²) in [5, 5.41) is 0.845. The highest BCUT2D eigenvalue weighted by atomic mass is 16.5. The second-order valence-corrected chi connectivity index (χ2v) is 5.03. The Morgan fingerprint density at radius 2 is 1.73 bits per heavy atom. The number of benzene rings is 2. The van der Waals surface area contributed by atoms with Crippen LogP contribution in [-0.4, -0.2) is 17.9 Å². The minimum absolute atomic E-state index is 0.184. The number of aromatic amines is 1. The summed E-state index contributed by atoms with van der Waals surface area (Å²) in [5.41, 5.74) is 2.01. The van der Waals surface area contributed by atoms with Crippen LogP contribution in [0.15, 0.2) is 53.3 Å². The molecule has 0 amide bonds. The molecule has 0 bridgehead atoms. The summed E-state index contributed by atoms with van der Waals surface area (Å²) in [5.74, 6) is 0.472. The first-order chi connectivity index (χ1) is 10.6. The third-order valence-electron chi connectivity index (χ3n) is 3.65. The molecule has 0 aliphatic carbocycles. The predicted octanol–water partition coefficient (Wildman–Crippen LogP) is 3.41. The Morgan fingerprint density at radius 3 is 2.36 bits per heavy atom. The molecular formula is C18H15NO3. The number of nitrogens with one attached hydrogen (secondary N) is 1. The molecule has 1 heterocycles. The van der Waals surface area contributed by atoms with Gasteiger partial charge in [-0.05, 0) is 30.7 Å². The van der Waals surface area contributed by atoms with Crippen molar-refractivity contribution < 1.29 is 9.53 Å². The van der Waals surface area contributed by atoms with E-state index in [1.807, 2.05) is 48.5 Å². The van der Waals surface area contributed by atoms with Gasteiger partial charge in [-0.15, -0.1) is 0 Å². The average molecular weight is 293 g/mol. The Bertz CT molecular complexity index is 908. The van der Waals surface area contributed by atoms with Crippen LogP contribution in [0.1, 0.15) is 17.3 Å². The number of hydrogen-bond acceptors (Lipinski definition) is 3. The summed E-state index contributed by atoms with van der Waals surface area (Å²) in [6.45, 7) is 1.41. The zero-order chi connectivity index (χ0) is 15.7. The van der Waals surface area contributed by atoms with Crippen LogP contribution >= 0.6 is 0 Å². The Hall–Kier alpha value is -2.88. The van der Waals surface area contributed by atoms with Gasteiger partial charge in [0.15, 0.2) is 5.78 Å². The molecule has 0 aliphatic heterocycles. The Labute approximate surface area is 127 Å². The molecule has 3 rings (SSSR count). The number of fused-ring (bicyclic) bond motifs is 1. The topological polar surface area (TPSA) is 59.2 Å². The lowest BCUT2D eigenvalue weighted by molar-refractivity contribution is 0.101. The van der Waals surface area contributed by atoms with E-state index < -0.39 is 0 Å². The lowest BCUT2D eigenvalue weighted by atomic mass is 9.94. The lowest BCUT2D eigenvalue weighted by Crippen LogP contribution is -2.18. The fraction of sp³-hybridized carbons (Fsp3) is 0.111. The van der Waals surface area contributed by atoms with Gasteiger partial charge in [-0.25, -0.2) is 0 Å². The molecule has 4 heteroatoms. The number of methoxy groups -OCH3 is 1. The molecule has 0 fully saturated rings. The molecule has 1 aromatic heterocycles. The van der Waals surface area contributed by atoms with E-state index in [0.717, 1.165) is 16.7 Å². The van der Waals surface area contributed by atoms with Gasteiger partial charge in [0, 0.05) is 16.5 Å². The first-order valence-corrected chi connectivity index (χ1v) is 6.92. The number of aromatic nitrogens is 1. The minimum Gasteiger partial charge on any atom is -0.497 e. The molecule has 3 aromatic rings. The van der Waals surface area contributed by atoms with Crippen LogP contribution in [0.2, 0.25) is 0 Å². The van der Waals surface area contributed by atoms with Crippen molar-refractivity contribution in [3.63, 3.8) is 0 Å². The summed E-state index contributed by atoms with van der Waals surface area (Å²) in [7, 11) is 1.60. The molecular weight excluding hydrogens is 278 g/mol. The maximum Gasteiger partial charge on any atom is 0.259 e. The van der Waals surface area contributed by atoms with Gasteiger partial charge in [-0.2, -0.15) is 0 Å². The molecule has 4 nitrogen and oxygen atoms in total. The standard InChI is InChI=1S/C18H15NO3/c1-11(20)16-17(12-7-9-13(22-2)10-8-12)14-5-3-4-6-15(14)19-18(16)21/h3-10H,1-2H3,(H,19,21). The van der Waals surface area contributed by atoms with E-state index >= 15 is 0 Å². The first-order valence-electron chi connectivity index (χ1n) is 6.92. The van der Waals surface area contributed by atoms with Gasteiger partial charge in [0.1, 0.15) is 5.75 Å². The number of pyridine rings is 1. The van der Waals surface area contributed by atoms with Crippen molar-refractivity contribution in [2.24, 2.45) is 0 Å². The van der Waals surface area contributed by atoms with Crippen LogP contribution in [0.4, 0.5) is 0 Å². The van der Waals surface area contributed by atoms with E-state index in [1.54, 1.807) is 7.11 Å². The second kappa shape index (κ2) is 5.48. The molecule has 110 valence electrons. The Morgan fingerprint density at radius 1 is 1.05 bits per heavy atom. The largest absolute Gasteiger partial charge is 0.497 e. The van der Waals surface area contributed by atoms with E-state index in [-0.39, 0.29) is 16.9 Å². The van der Waals surface area contributed by atoms with Gasteiger partial charge in [-0.1, -0.05) is 30.3 Å². The fourth-order valence-electron chi connectivity index (χ4n) is 2.64. The zero-order valence-electron chi connectivity index (χ0n) is 12.3. The van der Waals surface area contributed by atoms with E-state index in [1.165, 1.54) is 6.92 Å². The second-order valence-electron chi connectivity index (χ2n) is 5.03. The fourth-order valence-corrected chi connectivity index (χ4v) is 2.64. The van der Waals surface area contributed by atoms with Gasteiger partial charge >= 0.3 is 0 Å². The van der Waals surface area contributed by atoms with Crippen LogP contribution in [-0.2, 0) is 0 Å². The smallest absolute Gasteiger partial charge is 0.259 e. The third-order valence-corrected chi connectivity index (χ3v) is 3.65. The van der Waals surface area contributed by atoms with Crippen LogP contribution in [0.25, 0.3) is 22.0 Å². The third kappa shape index (κ3) is 2.29. The van der Waals surface area contributed by atoms with Gasteiger partial charge in [0.25, 0.3) is 5.56 Å². The summed E-state index contributed by atoms with van der Waals surface area (Å²) in [6.07, 6.45) is 0. The van der Waals surface area contributed by atoms with Crippen molar-refractivity contribution in [2.45, 2.75) is 6.92 Å². The van der Waals surface area contributed by atoms with E-state index in [9.17, 15) is 9.59 Å². The highest BCUT2D eigenvalue weighted by molar-refractivity contribution is 6.08. The molecule has 1 N–H and O–H groups in total. The number of H-pyrrole nitrogens is 1. The summed E-state index contributed by atoms with van der Waals surface area (Å²) >= 11 is 0. The zero-order valence-corrected chi connectivity index (χ0v) is 12.3. The quantitative estimate of drug-likeness (QED) is 0.753. The SMILES string of the molecule is COc1ccc(-c2c(C(C)=O)c(=O)[nH]c3ccccc23)cc1. The number of Topliss-reactive ketones (excluding diaryl/α,β-unsaturated/α-hetero) is 1. The first kappa shape index (κ1) is 14.1.